The summed E-state index contributed by atoms with van der Waals surface area (Å²) < 4.78 is 77.6. The molecule has 35 heavy (non-hydrogen) atoms. The number of carbonyl (C=O) groups excluding carboxylic acids is 1. The van der Waals surface area contributed by atoms with E-state index in [1.807, 2.05) is 13.8 Å². The summed E-state index contributed by atoms with van der Waals surface area (Å²) in [4.78, 5) is 12.4. The first-order valence-corrected chi connectivity index (χ1v) is 11.0. The Kier molecular flexibility index (Phi) is 7.62. The highest BCUT2D eigenvalue weighted by Crippen LogP contribution is 2.36. The zero-order chi connectivity index (χ0) is 26.0. The Hall–Kier alpha value is -3.29. The third kappa shape index (κ3) is 6.87. The summed E-state index contributed by atoms with van der Waals surface area (Å²) in [6.45, 7) is 5.45. The number of alkyl halides is 6. The Morgan fingerprint density at radius 2 is 1.26 bits per heavy atom. The van der Waals surface area contributed by atoms with Crippen molar-refractivity contribution in [2.75, 3.05) is 5.32 Å². The third-order valence-electron chi connectivity index (χ3n) is 5.60. The van der Waals surface area contributed by atoms with Gasteiger partial charge in [0.05, 0.1) is 11.1 Å². The maximum Gasteiger partial charge on any atom is 0.416 e. The number of Topliss-reactive ketones (excluding diaryl/α,β-unsaturated/α-hetero) is 1. The van der Waals surface area contributed by atoms with Crippen LogP contribution in [0.5, 0.6) is 0 Å². The molecule has 3 rings (SSSR count). The van der Waals surface area contributed by atoms with Crippen LogP contribution in [0.15, 0.2) is 66.7 Å². The van der Waals surface area contributed by atoms with Gasteiger partial charge in [0.25, 0.3) is 0 Å². The summed E-state index contributed by atoms with van der Waals surface area (Å²) in [5.74, 6) is -0.272. The average Bonchev–Trinajstić information content (AvgIpc) is 2.76. The summed E-state index contributed by atoms with van der Waals surface area (Å²) in [6.07, 6.45) is -8.35. The van der Waals surface area contributed by atoms with Crippen LogP contribution in [-0.2, 0) is 17.1 Å². The van der Waals surface area contributed by atoms with Crippen molar-refractivity contribution >= 4 is 17.2 Å². The van der Waals surface area contributed by atoms with E-state index in [0.29, 0.717) is 34.5 Å². The second kappa shape index (κ2) is 10.1. The van der Waals surface area contributed by atoms with E-state index >= 15 is 0 Å². The lowest BCUT2D eigenvalue weighted by Gasteiger charge is -2.20. The fourth-order valence-electron chi connectivity index (χ4n) is 3.86. The van der Waals surface area contributed by atoms with E-state index in [1.54, 1.807) is 18.2 Å². The Morgan fingerprint density at radius 3 is 1.71 bits per heavy atom. The Labute approximate surface area is 200 Å². The van der Waals surface area contributed by atoms with Crippen LogP contribution in [0.2, 0.25) is 0 Å². The second-order valence-electron chi connectivity index (χ2n) is 8.91. The quantitative estimate of drug-likeness (QED) is 0.333. The molecular formula is C27H25F6NO. The van der Waals surface area contributed by atoms with E-state index in [2.05, 4.69) is 5.32 Å². The van der Waals surface area contributed by atoms with Gasteiger partial charge in [-0.2, -0.15) is 26.3 Å². The van der Waals surface area contributed by atoms with Crippen molar-refractivity contribution in [3.05, 3.63) is 83.4 Å². The molecule has 0 aliphatic heterocycles. The average molecular weight is 493 g/mol. The van der Waals surface area contributed by atoms with E-state index < -0.39 is 29.4 Å². The predicted molar refractivity (Wildman–Crippen MR) is 124 cm³/mol. The number of rotatable bonds is 7. The minimum absolute atomic E-state index is 0.0521. The summed E-state index contributed by atoms with van der Waals surface area (Å²) in [5, 5.41) is 3.06. The molecule has 0 saturated carbocycles. The van der Waals surface area contributed by atoms with Crippen molar-refractivity contribution in [1.82, 2.24) is 0 Å². The van der Waals surface area contributed by atoms with Crippen LogP contribution in [0.1, 0.15) is 49.8 Å². The maximum absolute atomic E-state index is 13.0. The third-order valence-corrected chi connectivity index (χ3v) is 5.60. The predicted octanol–water partition coefficient (Wildman–Crippen LogP) is 8.85. The minimum atomic E-state index is -4.47. The van der Waals surface area contributed by atoms with Crippen LogP contribution in [0.3, 0.4) is 0 Å². The molecule has 8 heteroatoms. The van der Waals surface area contributed by atoms with Gasteiger partial charge in [-0.3, -0.25) is 4.79 Å². The molecule has 0 aromatic heterocycles. The van der Waals surface area contributed by atoms with E-state index in [9.17, 15) is 31.1 Å². The Bertz CT molecular complexity index is 1160. The molecule has 1 N–H and O–H groups in total. The normalized spacial score (nSPS) is 13.1. The molecule has 0 heterocycles. The number of nitrogens with one attached hydrogen (secondary N) is 1. The largest absolute Gasteiger partial charge is 0.416 e. The van der Waals surface area contributed by atoms with Gasteiger partial charge in [0.1, 0.15) is 5.78 Å². The molecule has 3 aromatic rings. The fraction of sp³-hybridized carbons (Fsp3) is 0.296. The first-order valence-electron chi connectivity index (χ1n) is 11.0. The van der Waals surface area contributed by atoms with Crippen LogP contribution in [0, 0.1) is 5.92 Å². The molecule has 2 nitrogen and oxygen atoms in total. The first-order chi connectivity index (χ1) is 16.2. The number of anilines is 2. The molecule has 0 spiro atoms. The van der Waals surface area contributed by atoms with Gasteiger partial charge in [-0.25, -0.2) is 0 Å². The summed E-state index contributed by atoms with van der Waals surface area (Å²) in [7, 11) is 0. The maximum atomic E-state index is 13.0. The second-order valence-corrected chi connectivity index (χ2v) is 8.91. The van der Waals surface area contributed by atoms with Gasteiger partial charge in [0.2, 0.25) is 0 Å². The lowest BCUT2D eigenvalue weighted by atomic mass is 9.85. The molecule has 0 aliphatic carbocycles. The molecule has 1 atom stereocenters. The van der Waals surface area contributed by atoms with Crippen LogP contribution >= 0.6 is 0 Å². The molecule has 0 saturated heterocycles. The zero-order valence-electron chi connectivity index (χ0n) is 19.4. The summed E-state index contributed by atoms with van der Waals surface area (Å²) in [5.41, 5.74) is 1.13. The van der Waals surface area contributed by atoms with Gasteiger partial charge in [0.15, 0.2) is 0 Å². The molecular weight excluding hydrogens is 468 g/mol. The number of carbonyl (C=O) groups is 1. The number of benzene rings is 3. The van der Waals surface area contributed by atoms with Crippen LogP contribution < -0.4 is 5.32 Å². The number of hydrogen-bond acceptors (Lipinski definition) is 2. The highest BCUT2D eigenvalue weighted by Gasteiger charge is 2.31. The van der Waals surface area contributed by atoms with Crippen molar-refractivity contribution in [1.29, 1.82) is 0 Å². The van der Waals surface area contributed by atoms with Gasteiger partial charge < -0.3 is 5.32 Å². The minimum Gasteiger partial charge on any atom is -0.356 e. The summed E-state index contributed by atoms with van der Waals surface area (Å²) in [6, 6.07) is 14.4. The molecule has 0 fully saturated rings. The van der Waals surface area contributed by atoms with Crippen molar-refractivity contribution in [2.45, 2.75) is 45.5 Å². The molecule has 3 aromatic carbocycles. The van der Waals surface area contributed by atoms with Gasteiger partial charge in [-0.15, -0.1) is 0 Å². The van der Waals surface area contributed by atoms with Crippen LogP contribution in [0.4, 0.5) is 37.7 Å². The monoisotopic (exact) mass is 493 g/mol. The fourth-order valence-corrected chi connectivity index (χ4v) is 3.86. The smallest absolute Gasteiger partial charge is 0.356 e. The number of halogens is 6. The van der Waals surface area contributed by atoms with Gasteiger partial charge in [0, 0.05) is 17.3 Å². The molecule has 0 aliphatic rings. The van der Waals surface area contributed by atoms with Gasteiger partial charge in [-0.05, 0) is 84.5 Å². The van der Waals surface area contributed by atoms with E-state index in [1.165, 1.54) is 31.2 Å². The Morgan fingerprint density at radius 1 is 0.743 bits per heavy atom. The molecule has 186 valence electrons. The molecule has 0 radical (unpaired) electrons. The zero-order valence-corrected chi connectivity index (χ0v) is 19.4. The highest BCUT2D eigenvalue weighted by molar-refractivity contribution is 5.85. The molecule has 0 amide bonds. The van der Waals surface area contributed by atoms with Crippen molar-refractivity contribution < 1.29 is 31.1 Å². The van der Waals surface area contributed by atoms with Crippen molar-refractivity contribution in [3.63, 3.8) is 0 Å². The lowest BCUT2D eigenvalue weighted by Crippen LogP contribution is -2.12. The lowest BCUT2D eigenvalue weighted by molar-refractivity contribution is -0.138. The van der Waals surface area contributed by atoms with Gasteiger partial charge >= 0.3 is 12.4 Å². The Balaban J connectivity index is 2.04. The van der Waals surface area contributed by atoms with Crippen molar-refractivity contribution in [2.24, 2.45) is 5.92 Å². The standard InChI is InChI=1S/C27H25F6NO/c1-16(2)12-25(17(3)35)20-13-19(18-4-6-21(7-5-18)26(28,29)30)14-24(15-20)34-23-10-8-22(9-11-23)27(31,32)33/h4-11,13-16,25,34H,12H2,1-3H3. The van der Waals surface area contributed by atoms with E-state index in [4.69, 9.17) is 0 Å². The van der Waals surface area contributed by atoms with Crippen molar-refractivity contribution in [3.8, 4) is 11.1 Å². The number of ketones is 1. The highest BCUT2D eigenvalue weighted by atomic mass is 19.4. The topological polar surface area (TPSA) is 29.1 Å². The molecule has 1 unspecified atom stereocenters. The van der Waals surface area contributed by atoms with Crippen LogP contribution in [-0.4, -0.2) is 5.78 Å². The SMILES string of the molecule is CC(=O)C(CC(C)C)c1cc(Nc2ccc(C(F)(F)F)cc2)cc(-c2ccc(C(F)(F)F)cc2)c1. The van der Waals surface area contributed by atoms with Gasteiger partial charge in [-0.1, -0.05) is 32.0 Å². The van der Waals surface area contributed by atoms with Crippen LogP contribution in [0.25, 0.3) is 11.1 Å². The first kappa shape index (κ1) is 26.3. The summed E-state index contributed by atoms with van der Waals surface area (Å²) >= 11 is 0. The van der Waals surface area contributed by atoms with E-state index in [-0.39, 0.29) is 11.7 Å². The molecule has 0 bridgehead atoms. The van der Waals surface area contributed by atoms with E-state index in [0.717, 1.165) is 24.3 Å². The number of hydrogen-bond donors (Lipinski definition) is 1.